The molecule has 2 heterocycles. The standard InChI is InChI=1S/C17H12N4S/c1-3-7-13(8-4-1)15-11-12-18-21-16(19-20-17(21)22-15)14-9-5-2-6-10-14/h1-12H. The van der Waals surface area contributed by atoms with E-state index < -0.39 is 0 Å². The first-order valence-corrected chi connectivity index (χ1v) is 7.72. The molecule has 0 unspecified atom stereocenters. The second kappa shape index (κ2) is 5.61. The van der Waals surface area contributed by atoms with Crippen molar-refractivity contribution in [3.8, 4) is 11.4 Å². The summed E-state index contributed by atoms with van der Waals surface area (Å²) in [7, 11) is 0. The van der Waals surface area contributed by atoms with Crippen molar-refractivity contribution in [3.05, 3.63) is 72.3 Å². The van der Waals surface area contributed by atoms with Crippen LogP contribution in [0.25, 0.3) is 16.3 Å². The number of benzene rings is 2. The third kappa shape index (κ3) is 2.35. The Morgan fingerprint density at radius 3 is 2.18 bits per heavy atom. The van der Waals surface area contributed by atoms with Gasteiger partial charge in [0.1, 0.15) is 0 Å². The van der Waals surface area contributed by atoms with Gasteiger partial charge in [0.25, 0.3) is 0 Å². The summed E-state index contributed by atoms with van der Waals surface area (Å²) in [6, 6.07) is 20.2. The highest BCUT2D eigenvalue weighted by molar-refractivity contribution is 8.08. The zero-order valence-electron chi connectivity index (χ0n) is 11.6. The van der Waals surface area contributed by atoms with E-state index in [2.05, 4.69) is 27.4 Å². The average Bonchev–Trinajstić information content (AvgIpc) is 2.86. The highest BCUT2D eigenvalue weighted by atomic mass is 32.2. The van der Waals surface area contributed by atoms with E-state index in [9.17, 15) is 0 Å². The summed E-state index contributed by atoms with van der Waals surface area (Å²) in [5.41, 5.74) is 2.15. The van der Waals surface area contributed by atoms with Gasteiger partial charge in [0.05, 0.1) is 0 Å². The molecule has 2 aromatic carbocycles. The Hall–Kier alpha value is -2.66. The monoisotopic (exact) mass is 304 g/mol. The largest absolute Gasteiger partial charge is 0.217 e. The summed E-state index contributed by atoms with van der Waals surface area (Å²) in [5.74, 6) is 0.752. The van der Waals surface area contributed by atoms with Crippen LogP contribution < -0.4 is 0 Å². The van der Waals surface area contributed by atoms with E-state index in [4.69, 9.17) is 0 Å². The van der Waals surface area contributed by atoms with Crippen molar-refractivity contribution in [2.75, 3.05) is 0 Å². The van der Waals surface area contributed by atoms with Crippen molar-refractivity contribution < 1.29 is 0 Å². The van der Waals surface area contributed by atoms with Crippen LogP contribution in [-0.2, 0) is 0 Å². The predicted molar refractivity (Wildman–Crippen MR) is 89.6 cm³/mol. The average molecular weight is 304 g/mol. The van der Waals surface area contributed by atoms with Gasteiger partial charge in [0.15, 0.2) is 5.82 Å². The Morgan fingerprint density at radius 2 is 1.45 bits per heavy atom. The zero-order chi connectivity index (χ0) is 14.8. The number of rotatable bonds is 2. The summed E-state index contributed by atoms with van der Waals surface area (Å²) in [4.78, 5) is 1.11. The summed E-state index contributed by atoms with van der Waals surface area (Å²) < 4.78 is 1.78. The Labute approximate surface area is 132 Å². The molecule has 0 saturated heterocycles. The van der Waals surface area contributed by atoms with E-state index >= 15 is 0 Å². The molecule has 5 heteroatoms. The van der Waals surface area contributed by atoms with Crippen LogP contribution >= 0.6 is 11.8 Å². The van der Waals surface area contributed by atoms with Gasteiger partial charge in [-0.1, -0.05) is 60.7 Å². The third-order valence-corrected chi connectivity index (χ3v) is 4.34. The van der Waals surface area contributed by atoms with Crippen LogP contribution in [0.15, 0.2) is 77.0 Å². The molecule has 22 heavy (non-hydrogen) atoms. The van der Waals surface area contributed by atoms with Crippen LogP contribution in [0.5, 0.6) is 0 Å². The van der Waals surface area contributed by atoms with Crippen molar-refractivity contribution >= 4 is 22.9 Å². The number of hydrogen-bond acceptors (Lipinski definition) is 4. The molecule has 0 N–H and O–H groups in total. The number of allylic oxidation sites excluding steroid dienone is 1. The van der Waals surface area contributed by atoms with E-state index in [0.29, 0.717) is 0 Å². The number of fused-ring (bicyclic) bond motifs is 1. The second-order valence-corrected chi connectivity index (χ2v) is 5.76. The molecule has 1 aliphatic heterocycles. The molecule has 1 aromatic heterocycles. The molecular formula is C17H12N4S. The number of aromatic nitrogens is 3. The molecule has 1 aliphatic rings. The first-order valence-electron chi connectivity index (χ1n) is 6.90. The van der Waals surface area contributed by atoms with Gasteiger partial charge in [-0.05, 0) is 23.4 Å². The van der Waals surface area contributed by atoms with Crippen molar-refractivity contribution in [2.45, 2.75) is 5.16 Å². The first kappa shape index (κ1) is 13.0. The molecule has 0 radical (unpaired) electrons. The van der Waals surface area contributed by atoms with E-state index in [1.807, 2.05) is 54.6 Å². The lowest BCUT2D eigenvalue weighted by Crippen LogP contribution is -1.94. The number of nitrogens with zero attached hydrogens (tertiary/aromatic N) is 4. The van der Waals surface area contributed by atoms with E-state index in [-0.39, 0.29) is 0 Å². The van der Waals surface area contributed by atoms with Gasteiger partial charge >= 0.3 is 0 Å². The maximum Gasteiger partial charge on any atom is 0.217 e. The van der Waals surface area contributed by atoms with Gasteiger partial charge in [-0.25, -0.2) is 0 Å². The van der Waals surface area contributed by atoms with Gasteiger partial charge in [-0.15, -0.1) is 10.2 Å². The quantitative estimate of drug-likeness (QED) is 0.720. The molecule has 0 spiro atoms. The maximum atomic E-state index is 4.47. The molecule has 0 saturated carbocycles. The van der Waals surface area contributed by atoms with Crippen molar-refractivity contribution in [2.24, 2.45) is 5.10 Å². The maximum absolute atomic E-state index is 4.47. The third-order valence-electron chi connectivity index (χ3n) is 3.31. The lowest BCUT2D eigenvalue weighted by molar-refractivity contribution is 0.776. The Morgan fingerprint density at radius 1 is 0.773 bits per heavy atom. The first-order chi connectivity index (χ1) is 10.9. The van der Waals surface area contributed by atoms with E-state index in [0.717, 1.165) is 27.0 Å². The fraction of sp³-hybridized carbons (Fsp3) is 0. The van der Waals surface area contributed by atoms with Crippen LogP contribution in [0.1, 0.15) is 5.56 Å². The number of thioether (sulfide) groups is 1. The fourth-order valence-corrected chi connectivity index (χ4v) is 3.14. The highest BCUT2D eigenvalue weighted by Gasteiger charge is 2.17. The fourth-order valence-electron chi connectivity index (χ4n) is 2.26. The molecule has 0 amide bonds. The van der Waals surface area contributed by atoms with Crippen molar-refractivity contribution in [1.29, 1.82) is 0 Å². The van der Waals surface area contributed by atoms with Crippen LogP contribution in [0.2, 0.25) is 0 Å². The summed E-state index contributed by atoms with van der Waals surface area (Å²) >= 11 is 1.57. The smallest absolute Gasteiger partial charge is 0.187 e. The highest BCUT2D eigenvalue weighted by Crippen LogP contribution is 2.35. The van der Waals surface area contributed by atoms with E-state index in [1.165, 1.54) is 0 Å². The van der Waals surface area contributed by atoms with Crippen LogP contribution in [0.4, 0.5) is 0 Å². The van der Waals surface area contributed by atoms with Gasteiger partial charge in [0, 0.05) is 16.7 Å². The molecule has 106 valence electrons. The summed E-state index contributed by atoms with van der Waals surface area (Å²) in [6.45, 7) is 0. The SMILES string of the molecule is C1=Nn2c(nnc2-c2ccccc2)SC(c2ccccc2)=C1. The molecule has 0 aliphatic carbocycles. The van der Waals surface area contributed by atoms with E-state index in [1.54, 1.807) is 22.7 Å². The van der Waals surface area contributed by atoms with Gasteiger partial charge in [-0.2, -0.15) is 9.78 Å². The van der Waals surface area contributed by atoms with Crippen LogP contribution in [0, 0.1) is 0 Å². The molecule has 0 atom stereocenters. The molecule has 0 bridgehead atoms. The Kier molecular flexibility index (Phi) is 3.33. The molecular weight excluding hydrogens is 292 g/mol. The zero-order valence-corrected chi connectivity index (χ0v) is 12.4. The van der Waals surface area contributed by atoms with Crippen LogP contribution in [-0.4, -0.2) is 21.1 Å². The van der Waals surface area contributed by atoms with Crippen LogP contribution in [0.3, 0.4) is 0 Å². The molecule has 3 aromatic rings. The lowest BCUT2D eigenvalue weighted by atomic mass is 10.2. The van der Waals surface area contributed by atoms with Crippen molar-refractivity contribution in [3.63, 3.8) is 0 Å². The Balaban J connectivity index is 1.74. The normalized spacial score (nSPS) is 13.4. The van der Waals surface area contributed by atoms with Gasteiger partial charge < -0.3 is 0 Å². The lowest BCUT2D eigenvalue weighted by Gasteiger charge is -2.04. The summed E-state index contributed by atoms with van der Waals surface area (Å²) in [6.07, 6.45) is 3.80. The predicted octanol–water partition coefficient (Wildman–Crippen LogP) is 3.93. The topological polar surface area (TPSA) is 43.1 Å². The van der Waals surface area contributed by atoms with Gasteiger partial charge in [0.2, 0.25) is 5.16 Å². The Bertz CT molecular complexity index is 851. The molecule has 4 nitrogen and oxygen atoms in total. The minimum absolute atomic E-state index is 0.752. The molecule has 4 rings (SSSR count). The second-order valence-electron chi connectivity index (χ2n) is 4.75. The van der Waals surface area contributed by atoms with Crippen molar-refractivity contribution in [1.82, 2.24) is 14.9 Å². The minimum atomic E-state index is 0.752. The summed E-state index contributed by atoms with van der Waals surface area (Å²) in [5, 5.41) is 13.8. The molecule has 0 fully saturated rings. The minimum Gasteiger partial charge on any atom is -0.187 e. The number of hydrogen-bond donors (Lipinski definition) is 0. The van der Waals surface area contributed by atoms with Gasteiger partial charge in [-0.3, -0.25) is 0 Å².